The first kappa shape index (κ1) is 17.3. The molecule has 0 amide bonds. The van der Waals surface area contributed by atoms with Crippen molar-refractivity contribution in [3.05, 3.63) is 29.0 Å². The number of anilines is 1. The predicted octanol–water partition coefficient (Wildman–Crippen LogP) is 2.42. The number of hydrogen-bond donors (Lipinski definition) is 1. The molecule has 0 spiro atoms. The fourth-order valence-electron chi connectivity index (χ4n) is 2.52. The van der Waals surface area contributed by atoms with Crippen molar-refractivity contribution in [2.75, 3.05) is 11.8 Å². The summed E-state index contributed by atoms with van der Waals surface area (Å²) in [6.45, 7) is 8.06. The van der Waals surface area contributed by atoms with E-state index in [1.54, 1.807) is 37.9 Å². The smallest absolute Gasteiger partial charge is 0.263 e. The Morgan fingerprint density at radius 3 is 2.57 bits per heavy atom. The minimum atomic E-state index is -3.75. The van der Waals surface area contributed by atoms with E-state index in [4.69, 9.17) is 4.74 Å². The maximum absolute atomic E-state index is 12.7. The van der Waals surface area contributed by atoms with Crippen LogP contribution in [0.3, 0.4) is 0 Å². The molecule has 1 N–H and O–H groups in total. The number of methoxy groups -OCH3 is 1. The summed E-state index contributed by atoms with van der Waals surface area (Å²) in [5, 5.41) is 7.75. The van der Waals surface area contributed by atoms with Crippen LogP contribution in [0.4, 0.5) is 5.82 Å². The van der Waals surface area contributed by atoms with Crippen molar-refractivity contribution in [1.29, 1.82) is 0 Å². The molecule has 0 fully saturated rings. The summed E-state index contributed by atoms with van der Waals surface area (Å²) < 4.78 is 34.9. The van der Waals surface area contributed by atoms with Gasteiger partial charge in [0.25, 0.3) is 10.0 Å². The molecular weight excluding hydrogens is 316 g/mol. The first-order valence-corrected chi connectivity index (χ1v) is 8.86. The zero-order valence-electron chi connectivity index (χ0n) is 14.0. The third kappa shape index (κ3) is 3.47. The second kappa shape index (κ2) is 6.57. The average molecular weight is 338 g/mol. The fraction of sp³-hybridized carbons (Fsp3) is 0.467. The lowest BCUT2D eigenvalue weighted by Crippen LogP contribution is -2.17. The minimum absolute atomic E-state index is 0.214. The van der Waals surface area contributed by atoms with Gasteiger partial charge in [-0.1, -0.05) is 12.1 Å². The second-order valence-electron chi connectivity index (χ2n) is 5.45. The molecule has 1 heterocycles. The number of ether oxygens (including phenoxy) is 1. The Morgan fingerprint density at radius 1 is 1.26 bits per heavy atom. The number of nitrogens with zero attached hydrogens (tertiary/aromatic N) is 3. The van der Waals surface area contributed by atoms with Crippen molar-refractivity contribution in [3.8, 4) is 5.75 Å². The third-order valence-corrected chi connectivity index (χ3v) is 5.34. The first-order chi connectivity index (χ1) is 10.8. The topological polar surface area (TPSA) is 86.1 Å². The van der Waals surface area contributed by atoms with E-state index in [1.807, 2.05) is 13.8 Å². The van der Waals surface area contributed by atoms with Gasteiger partial charge < -0.3 is 4.74 Å². The van der Waals surface area contributed by atoms with Gasteiger partial charge in [-0.3, -0.25) is 9.40 Å². The molecular formula is C15H22N4O3S. The van der Waals surface area contributed by atoms with Crippen LogP contribution >= 0.6 is 0 Å². The Morgan fingerprint density at radius 2 is 1.96 bits per heavy atom. The van der Waals surface area contributed by atoms with Crippen molar-refractivity contribution in [2.24, 2.45) is 0 Å². The molecule has 7 nitrogen and oxygen atoms in total. The number of rotatable bonds is 6. The summed E-state index contributed by atoms with van der Waals surface area (Å²) in [7, 11) is -2.18. The molecule has 0 aliphatic carbocycles. The third-order valence-electron chi connectivity index (χ3n) is 3.70. The summed E-state index contributed by atoms with van der Waals surface area (Å²) in [6, 6.07) is 1.73. The quantitative estimate of drug-likeness (QED) is 0.874. The van der Waals surface area contributed by atoms with Crippen LogP contribution in [0.2, 0.25) is 0 Å². The van der Waals surface area contributed by atoms with Gasteiger partial charge in [-0.05, 0) is 49.9 Å². The maximum Gasteiger partial charge on any atom is 0.263 e. The summed E-state index contributed by atoms with van der Waals surface area (Å²) >= 11 is 0. The van der Waals surface area contributed by atoms with Crippen LogP contribution in [-0.4, -0.2) is 30.5 Å². The van der Waals surface area contributed by atoms with E-state index in [2.05, 4.69) is 15.0 Å². The van der Waals surface area contributed by atoms with Gasteiger partial charge in [-0.15, -0.1) is 5.10 Å². The minimum Gasteiger partial charge on any atom is -0.496 e. The molecule has 1 aromatic carbocycles. The highest BCUT2D eigenvalue weighted by Crippen LogP contribution is 2.31. The van der Waals surface area contributed by atoms with E-state index in [-0.39, 0.29) is 10.7 Å². The molecule has 0 radical (unpaired) electrons. The Balaban J connectivity index is 2.41. The lowest BCUT2D eigenvalue weighted by molar-refractivity contribution is 0.410. The molecule has 1 aromatic heterocycles. The van der Waals surface area contributed by atoms with Crippen LogP contribution < -0.4 is 9.46 Å². The molecule has 0 bridgehead atoms. The van der Waals surface area contributed by atoms with Crippen LogP contribution in [0, 0.1) is 20.8 Å². The van der Waals surface area contributed by atoms with Gasteiger partial charge in [0.2, 0.25) is 0 Å². The van der Waals surface area contributed by atoms with Crippen LogP contribution in [0.15, 0.2) is 17.2 Å². The summed E-state index contributed by atoms with van der Waals surface area (Å²) in [5.41, 5.74) is 2.09. The number of nitrogens with one attached hydrogen (secondary N) is 1. The number of hydrogen-bond acceptors (Lipinski definition) is 5. The zero-order valence-corrected chi connectivity index (χ0v) is 14.9. The Bertz CT molecular complexity index is 812. The Labute approximate surface area is 136 Å². The normalized spacial score (nSPS) is 11.5. The molecule has 23 heavy (non-hydrogen) atoms. The molecule has 0 saturated heterocycles. The summed E-state index contributed by atoms with van der Waals surface area (Å²) in [4.78, 5) is 0.251. The van der Waals surface area contributed by atoms with E-state index >= 15 is 0 Å². The number of sulfonamides is 1. The Hall–Kier alpha value is -2.09. The van der Waals surface area contributed by atoms with E-state index in [0.29, 0.717) is 23.4 Å². The Kier molecular flexibility index (Phi) is 4.93. The lowest BCUT2D eigenvalue weighted by atomic mass is 10.1. The van der Waals surface area contributed by atoms with E-state index in [1.165, 1.54) is 0 Å². The molecule has 0 unspecified atom stereocenters. The molecule has 0 atom stereocenters. The van der Waals surface area contributed by atoms with Crippen molar-refractivity contribution >= 4 is 15.8 Å². The van der Waals surface area contributed by atoms with Crippen molar-refractivity contribution in [2.45, 2.75) is 45.6 Å². The van der Waals surface area contributed by atoms with Gasteiger partial charge in [-0.2, -0.15) is 0 Å². The van der Waals surface area contributed by atoms with Crippen LogP contribution in [0.25, 0.3) is 0 Å². The lowest BCUT2D eigenvalue weighted by Gasteiger charge is -2.16. The maximum atomic E-state index is 12.7. The van der Waals surface area contributed by atoms with Crippen LogP contribution in [-0.2, 0) is 16.6 Å². The van der Waals surface area contributed by atoms with Gasteiger partial charge in [0.05, 0.1) is 18.2 Å². The van der Waals surface area contributed by atoms with Gasteiger partial charge in [0.1, 0.15) is 5.75 Å². The first-order valence-electron chi connectivity index (χ1n) is 7.38. The second-order valence-corrected chi connectivity index (χ2v) is 7.07. The summed E-state index contributed by atoms with van der Waals surface area (Å²) in [5.74, 6) is 0.888. The van der Waals surface area contributed by atoms with E-state index in [9.17, 15) is 8.42 Å². The molecule has 8 heteroatoms. The number of benzene rings is 1. The predicted molar refractivity (Wildman–Crippen MR) is 88.3 cm³/mol. The van der Waals surface area contributed by atoms with E-state index < -0.39 is 10.0 Å². The standard InChI is InChI=1S/C15H22N4O3S/c1-6-7-19-9-14(16-18-19)17-23(20,21)15-10(2)8-13(22-5)11(3)12(15)4/h8-9,17H,6-7H2,1-5H3. The van der Waals surface area contributed by atoms with Crippen LogP contribution in [0.5, 0.6) is 5.75 Å². The summed E-state index contributed by atoms with van der Waals surface area (Å²) in [6.07, 6.45) is 2.48. The highest BCUT2D eigenvalue weighted by atomic mass is 32.2. The average Bonchev–Trinajstić information content (AvgIpc) is 2.89. The van der Waals surface area contributed by atoms with Crippen molar-refractivity contribution in [3.63, 3.8) is 0 Å². The van der Waals surface area contributed by atoms with Crippen LogP contribution in [0.1, 0.15) is 30.0 Å². The van der Waals surface area contributed by atoms with Crippen molar-refractivity contribution < 1.29 is 13.2 Å². The molecule has 126 valence electrons. The van der Waals surface area contributed by atoms with Gasteiger partial charge in [0.15, 0.2) is 5.82 Å². The van der Waals surface area contributed by atoms with Gasteiger partial charge in [-0.25, -0.2) is 8.42 Å². The number of aryl methyl sites for hydroxylation is 2. The zero-order chi connectivity index (χ0) is 17.2. The largest absolute Gasteiger partial charge is 0.496 e. The van der Waals surface area contributed by atoms with Crippen molar-refractivity contribution in [1.82, 2.24) is 15.0 Å². The van der Waals surface area contributed by atoms with E-state index in [0.717, 1.165) is 12.0 Å². The highest BCUT2D eigenvalue weighted by molar-refractivity contribution is 7.92. The molecule has 2 rings (SSSR count). The SMILES string of the molecule is CCCn1cc(NS(=O)(=O)c2c(C)cc(OC)c(C)c2C)nn1. The monoisotopic (exact) mass is 338 g/mol. The van der Waals surface area contributed by atoms with Gasteiger partial charge >= 0.3 is 0 Å². The highest BCUT2D eigenvalue weighted by Gasteiger charge is 2.23. The van der Waals surface area contributed by atoms with Gasteiger partial charge in [0, 0.05) is 6.54 Å². The molecule has 0 saturated carbocycles. The molecule has 2 aromatic rings. The number of aromatic nitrogens is 3. The fourth-order valence-corrected chi connectivity index (χ4v) is 4.03. The molecule has 0 aliphatic rings. The molecule has 0 aliphatic heterocycles.